The largest absolute Gasteiger partial charge is 0.480 e. The van der Waals surface area contributed by atoms with E-state index in [1.807, 2.05) is 6.92 Å². The van der Waals surface area contributed by atoms with Gasteiger partial charge in [-0.25, -0.2) is 4.79 Å². The van der Waals surface area contributed by atoms with Crippen molar-refractivity contribution in [3.05, 3.63) is 28.2 Å². The highest BCUT2D eigenvalue weighted by Gasteiger charge is 2.39. The van der Waals surface area contributed by atoms with Gasteiger partial charge >= 0.3 is 5.97 Å². The van der Waals surface area contributed by atoms with Crippen LogP contribution in [0.4, 0.5) is 5.69 Å². The van der Waals surface area contributed by atoms with E-state index in [0.29, 0.717) is 28.7 Å². The van der Waals surface area contributed by atoms with E-state index >= 15 is 0 Å². The summed E-state index contributed by atoms with van der Waals surface area (Å²) < 4.78 is 0.637. The quantitative estimate of drug-likeness (QED) is 0.814. The summed E-state index contributed by atoms with van der Waals surface area (Å²) in [6, 6.07) is 4.13. The van der Waals surface area contributed by atoms with Crippen LogP contribution in [0.3, 0.4) is 0 Å². The molecule has 2 unspecified atom stereocenters. The molecular formula is C13H15BrN2O3. The third-order valence-corrected chi connectivity index (χ3v) is 4.15. The number of hydrogen-bond acceptors (Lipinski definition) is 3. The van der Waals surface area contributed by atoms with E-state index in [1.165, 1.54) is 4.90 Å². The van der Waals surface area contributed by atoms with Gasteiger partial charge in [0.15, 0.2) is 0 Å². The first kappa shape index (κ1) is 13.9. The first-order chi connectivity index (χ1) is 8.91. The number of amides is 1. The van der Waals surface area contributed by atoms with Crippen molar-refractivity contribution in [1.29, 1.82) is 0 Å². The van der Waals surface area contributed by atoms with Gasteiger partial charge in [-0.05, 0) is 46.5 Å². The summed E-state index contributed by atoms with van der Waals surface area (Å²) in [6.07, 6.45) is 0.707. The van der Waals surface area contributed by atoms with Gasteiger partial charge in [0.25, 0.3) is 5.91 Å². The van der Waals surface area contributed by atoms with E-state index in [9.17, 15) is 14.7 Å². The monoisotopic (exact) mass is 326 g/mol. The molecule has 1 heterocycles. The van der Waals surface area contributed by atoms with Gasteiger partial charge in [0.1, 0.15) is 6.04 Å². The molecule has 2 atom stereocenters. The fourth-order valence-corrected chi connectivity index (χ4v) is 2.76. The van der Waals surface area contributed by atoms with Crippen molar-refractivity contribution in [3.8, 4) is 0 Å². The number of carbonyl (C=O) groups is 2. The lowest BCUT2D eigenvalue weighted by atomic mass is 10.0. The van der Waals surface area contributed by atoms with Gasteiger partial charge < -0.3 is 15.7 Å². The Morgan fingerprint density at radius 1 is 1.47 bits per heavy atom. The van der Waals surface area contributed by atoms with Crippen molar-refractivity contribution in [2.75, 3.05) is 12.3 Å². The van der Waals surface area contributed by atoms with Crippen molar-refractivity contribution in [2.45, 2.75) is 19.4 Å². The maximum atomic E-state index is 12.4. The number of carboxylic acid groups (broad SMARTS) is 1. The number of benzene rings is 1. The van der Waals surface area contributed by atoms with Crippen molar-refractivity contribution in [2.24, 2.45) is 5.92 Å². The molecule has 1 aliphatic rings. The fourth-order valence-electron chi connectivity index (χ4n) is 2.38. The smallest absolute Gasteiger partial charge is 0.326 e. The average Bonchev–Trinajstić information content (AvgIpc) is 2.74. The van der Waals surface area contributed by atoms with Gasteiger partial charge in [-0.2, -0.15) is 0 Å². The van der Waals surface area contributed by atoms with Crippen molar-refractivity contribution < 1.29 is 14.7 Å². The molecule has 6 heteroatoms. The topological polar surface area (TPSA) is 83.6 Å². The number of anilines is 1. The molecule has 0 radical (unpaired) electrons. The molecular weight excluding hydrogens is 312 g/mol. The third kappa shape index (κ3) is 2.58. The normalized spacial score (nSPS) is 22.5. The molecule has 1 aliphatic heterocycles. The Morgan fingerprint density at radius 3 is 2.74 bits per heavy atom. The minimum Gasteiger partial charge on any atom is -0.480 e. The van der Waals surface area contributed by atoms with Gasteiger partial charge in [-0.1, -0.05) is 6.92 Å². The molecule has 0 saturated carbocycles. The van der Waals surface area contributed by atoms with Crippen molar-refractivity contribution in [3.63, 3.8) is 0 Å². The number of carbonyl (C=O) groups excluding carboxylic acids is 1. The van der Waals surface area contributed by atoms with E-state index in [4.69, 9.17) is 5.73 Å². The summed E-state index contributed by atoms with van der Waals surface area (Å²) in [5, 5.41) is 9.23. The average molecular weight is 327 g/mol. The van der Waals surface area contributed by atoms with Crippen LogP contribution in [0.5, 0.6) is 0 Å². The Bertz CT molecular complexity index is 533. The van der Waals surface area contributed by atoms with Gasteiger partial charge in [0.2, 0.25) is 0 Å². The number of halogens is 1. The maximum Gasteiger partial charge on any atom is 0.326 e. The minimum atomic E-state index is -0.951. The Hall–Kier alpha value is -1.56. The molecule has 0 aromatic heterocycles. The standard InChI is InChI=1S/C13H15BrN2O3/c1-7-4-5-16(11(7)13(18)19)12(17)8-2-3-10(15)9(14)6-8/h2-3,6-7,11H,4-5,15H2,1H3,(H,18,19). The van der Waals surface area contributed by atoms with Crippen LogP contribution >= 0.6 is 15.9 Å². The minimum absolute atomic E-state index is 0.0290. The Morgan fingerprint density at radius 2 is 2.16 bits per heavy atom. The predicted octanol–water partition coefficient (Wildman–Crippen LogP) is 1.97. The van der Waals surface area contributed by atoms with Gasteiger partial charge in [0.05, 0.1) is 0 Å². The van der Waals surface area contributed by atoms with Crippen LogP contribution in [-0.4, -0.2) is 34.5 Å². The molecule has 1 aromatic rings. The highest BCUT2D eigenvalue weighted by Crippen LogP contribution is 2.27. The third-order valence-electron chi connectivity index (χ3n) is 3.46. The molecule has 19 heavy (non-hydrogen) atoms. The summed E-state index contributed by atoms with van der Waals surface area (Å²) in [7, 11) is 0. The second-order valence-electron chi connectivity index (χ2n) is 4.78. The summed E-state index contributed by atoms with van der Waals surface area (Å²) in [5.41, 5.74) is 6.66. The van der Waals surface area contributed by atoms with Gasteiger partial charge in [-0.15, -0.1) is 0 Å². The van der Waals surface area contributed by atoms with Crippen LogP contribution in [0.15, 0.2) is 22.7 Å². The Labute approximate surface area is 119 Å². The van der Waals surface area contributed by atoms with Crippen LogP contribution in [0.2, 0.25) is 0 Å². The number of aliphatic carboxylic acids is 1. The molecule has 0 bridgehead atoms. The Balaban J connectivity index is 2.28. The first-order valence-corrected chi connectivity index (χ1v) is 6.80. The summed E-state index contributed by atoms with van der Waals surface area (Å²) >= 11 is 3.27. The van der Waals surface area contributed by atoms with E-state index < -0.39 is 12.0 Å². The highest BCUT2D eigenvalue weighted by molar-refractivity contribution is 9.10. The zero-order valence-corrected chi connectivity index (χ0v) is 12.1. The van der Waals surface area contributed by atoms with E-state index in [2.05, 4.69) is 15.9 Å². The van der Waals surface area contributed by atoms with Crippen LogP contribution < -0.4 is 5.73 Å². The number of rotatable bonds is 2. The molecule has 102 valence electrons. The summed E-state index contributed by atoms with van der Waals surface area (Å²) in [5.74, 6) is -1.25. The summed E-state index contributed by atoms with van der Waals surface area (Å²) in [4.78, 5) is 25.0. The van der Waals surface area contributed by atoms with E-state index in [0.717, 1.165) is 0 Å². The first-order valence-electron chi connectivity index (χ1n) is 6.00. The lowest BCUT2D eigenvalue weighted by Crippen LogP contribution is -2.42. The number of nitrogen functional groups attached to an aromatic ring is 1. The molecule has 1 aromatic carbocycles. The molecule has 1 amide bonds. The zero-order chi connectivity index (χ0) is 14.2. The Kier molecular flexibility index (Phi) is 3.80. The van der Waals surface area contributed by atoms with Crippen molar-refractivity contribution >= 4 is 33.5 Å². The zero-order valence-electron chi connectivity index (χ0n) is 10.5. The lowest BCUT2D eigenvalue weighted by molar-refractivity contribution is -0.142. The number of nitrogens with two attached hydrogens (primary N) is 1. The molecule has 2 rings (SSSR count). The second kappa shape index (κ2) is 5.21. The van der Waals surface area contributed by atoms with Crippen molar-refractivity contribution in [1.82, 2.24) is 4.90 Å². The van der Waals surface area contributed by atoms with Crippen LogP contribution in [0.1, 0.15) is 23.7 Å². The lowest BCUT2D eigenvalue weighted by Gasteiger charge is -2.23. The number of hydrogen-bond donors (Lipinski definition) is 2. The highest BCUT2D eigenvalue weighted by atomic mass is 79.9. The fraction of sp³-hybridized carbons (Fsp3) is 0.385. The number of nitrogens with zero attached hydrogens (tertiary/aromatic N) is 1. The predicted molar refractivity (Wildman–Crippen MR) is 74.8 cm³/mol. The molecule has 3 N–H and O–H groups in total. The summed E-state index contributed by atoms with van der Waals surface area (Å²) in [6.45, 7) is 2.32. The van der Waals surface area contributed by atoms with E-state index in [-0.39, 0.29) is 11.8 Å². The van der Waals surface area contributed by atoms with Crippen LogP contribution in [0, 0.1) is 5.92 Å². The maximum absolute atomic E-state index is 12.4. The van der Waals surface area contributed by atoms with Crippen LogP contribution in [0.25, 0.3) is 0 Å². The van der Waals surface area contributed by atoms with Crippen LogP contribution in [-0.2, 0) is 4.79 Å². The van der Waals surface area contributed by atoms with E-state index in [1.54, 1.807) is 18.2 Å². The molecule has 1 fully saturated rings. The van der Waals surface area contributed by atoms with Gasteiger partial charge in [-0.3, -0.25) is 4.79 Å². The second-order valence-corrected chi connectivity index (χ2v) is 5.64. The molecule has 0 spiro atoms. The molecule has 0 aliphatic carbocycles. The SMILES string of the molecule is CC1CCN(C(=O)c2ccc(N)c(Br)c2)C1C(=O)O. The van der Waals surface area contributed by atoms with Gasteiger partial charge in [0, 0.05) is 22.3 Å². The molecule has 1 saturated heterocycles. The number of carboxylic acids is 1. The molecule has 5 nitrogen and oxygen atoms in total. The number of likely N-dealkylation sites (tertiary alicyclic amines) is 1.